The van der Waals surface area contributed by atoms with Crippen LogP contribution >= 0.6 is 0 Å². The minimum Gasteiger partial charge on any atom is -0.394 e. The van der Waals surface area contributed by atoms with Crippen LogP contribution in [0.4, 0.5) is 16.2 Å². The zero-order valence-corrected chi connectivity index (χ0v) is 20.4. The van der Waals surface area contributed by atoms with E-state index in [-0.39, 0.29) is 0 Å². The number of carbonyl (C=O) groups excluding carboxylic acids is 1. The number of amides is 2. The molecule has 4 rings (SSSR count). The van der Waals surface area contributed by atoms with Crippen LogP contribution in [0.15, 0.2) is 48.5 Å². The van der Waals surface area contributed by atoms with Crippen molar-refractivity contribution >= 4 is 17.4 Å². The lowest BCUT2D eigenvalue weighted by atomic mass is 9.91. The summed E-state index contributed by atoms with van der Waals surface area (Å²) in [6, 6.07) is 12.1. The van der Waals surface area contributed by atoms with Crippen LogP contribution in [0, 0.1) is 0 Å². The van der Waals surface area contributed by atoms with Crippen molar-refractivity contribution in [2.24, 2.45) is 0 Å². The van der Waals surface area contributed by atoms with Crippen molar-refractivity contribution in [2.45, 2.75) is 61.2 Å². The highest BCUT2D eigenvalue weighted by atomic mass is 16.7. The molecule has 2 amide bonds. The Morgan fingerprint density at radius 1 is 0.763 bits per heavy atom. The number of aliphatic hydroxyl groups excluding tert-OH is 7. The fourth-order valence-corrected chi connectivity index (χ4v) is 4.58. The maximum atomic E-state index is 12.7. The topological polar surface area (TPSA) is 210 Å². The fraction of sp³-hybridized carbons (Fsp3) is 0.480. The van der Waals surface area contributed by atoms with Crippen LogP contribution in [-0.4, -0.2) is 105 Å². The molecule has 13 nitrogen and oxygen atoms in total. The average molecular weight is 537 g/mol. The molecule has 2 saturated heterocycles. The Balaban J connectivity index is 1.44. The number of methoxy groups -OCH3 is 1. The van der Waals surface area contributed by atoms with Gasteiger partial charge in [-0.1, -0.05) is 24.3 Å². The van der Waals surface area contributed by atoms with Gasteiger partial charge in [-0.25, -0.2) is 4.79 Å². The summed E-state index contributed by atoms with van der Waals surface area (Å²) in [4.78, 5) is 12.7. The van der Waals surface area contributed by atoms with E-state index in [9.17, 15) is 40.5 Å². The summed E-state index contributed by atoms with van der Waals surface area (Å²) >= 11 is 0. The molecule has 2 aliphatic rings. The van der Waals surface area contributed by atoms with E-state index in [1.54, 1.807) is 36.4 Å². The van der Waals surface area contributed by atoms with Crippen molar-refractivity contribution in [3.63, 3.8) is 0 Å². The van der Waals surface area contributed by atoms with Gasteiger partial charge in [-0.15, -0.1) is 0 Å². The van der Waals surface area contributed by atoms with Crippen molar-refractivity contribution in [1.82, 2.24) is 0 Å². The number of carbonyl (C=O) groups is 1. The summed E-state index contributed by atoms with van der Waals surface area (Å²) in [5.41, 5.74) is 1.50. The molecular formula is C25H32N2O11. The Bertz CT molecular complexity index is 1020. The Labute approximate surface area is 217 Å². The van der Waals surface area contributed by atoms with Gasteiger partial charge in [-0.2, -0.15) is 0 Å². The molecule has 2 aromatic rings. The van der Waals surface area contributed by atoms with E-state index < -0.39 is 73.9 Å². The third kappa shape index (κ3) is 5.82. The van der Waals surface area contributed by atoms with E-state index in [1.807, 2.05) is 0 Å². The molecule has 208 valence electrons. The maximum absolute atomic E-state index is 12.7. The predicted molar refractivity (Wildman–Crippen MR) is 131 cm³/mol. The molecule has 2 aliphatic heterocycles. The molecule has 0 saturated carbocycles. The minimum atomic E-state index is -1.53. The highest BCUT2D eigenvalue weighted by Crippen LogP contribution is 2.35. The van der Waals surface area contributed by atoms with Crippen LogP contribution < -0.4 is 10.6 Å². The van der Waals surface area contributed by atoms with E-state index in [0.717, 1.165) is 0 Å². The standard InChI is InChI=1S/C25H32N2O11/c1-36-24-21(34)18(31)20(33)23(38-24)12-5-3-7-14(9-12)27-25(35)26-13-6-2-4-11(8-13)22-19(32)17(30)16(29)15(10-28)37-22/h2-9,15-24,28-34H,10H2,1H3,(H2,26,27,35)/t15-,16-,17+,18-,19+,20+,21+,22-,23-,24+/m1/s1. The average Bonchev–Trinajstić information content (AvgIpc) is 2.91. The van der Waals surface area contributed by atoms with Gasteiger partial charge in [0.25, 0.3) is 0 Å². The molecular weight excluding hydrogens is 504 g/mol. The van der Waals surface area contributed by atoms with Crippen LogP contribution in [0.3, 0.4) is 0 Å². The molecule has 9 N–H and O–H groups in total. The summed E-state index contributed by atoms with van der Waals surface area (Å²) in [7, 11) is 1.30. The zero-order chi connectivity index (χ0) is 27.6. The van der Waals surface area contributed by atoms with Crippen molar-refractivity contribution in [2.75, 3.05) is 24.4 Å². The third-order valence-electron chi connectivity index (χ3n) is 6.64. The minimum absolute atomic E-state index is 0.333. The fourth-order valence-electron chi connectivity index (χ4n) is 4.58. The van der Waals surface area contributed by atoms with E-state index in [2.05, 4.69) is 10.6 Å². The van der Waals surface area contributed by atoms with E-state index in [1.165, 1.54) is 19.2 Å². The lowest BCUT2D eigenvalue weighted by Gasteiger charge is -2.40. The van der Waals surface area contributed by atoms with Gasteiger partial charge in [-0.05, 0) is 35.4 Å². The number of rotatable bonds is 6. The number of hydrogen-bond donors (Lipinski definition) is 9. The molecule has 0 aromatic heterocycles. The quantitative estimate of drug-likeness (QED) is 0.218. The van der Waals surface area contributed by atoms with E-state index in [0.29, 0.717) is 22.5 Å². The number of anilines is 2. The van der Waals surface area contributed by atoms with Crippen molar-refractivity contribution in [1.29, 1.82) is 0 Å². The first-order valence-corrected chi connectivity index (χ1v) is 12.0. The number of aliphatic hydroxyl groups is 7. The lowest BCUT2D eigenvalue weighted by molar-refractivity contribution is -0.292. The van der Waals surface area contributed by atoms with Crippen LogP contribution in [0.25, 0.3) is 0 Å². The summed E-state index contributed by atoms with van der Waals surface area (Å²) in [5, 5.41) is 75.7. The zero-order valence-electron chi connectivity index (χ0n) is 20.4. The van der Waals surface area contributed by atoms with Gasteiger partial charge in [0.1, 0.15) is 54.9 Å². The number of benzene rings is 2. The summed E-state index contributed by atoms with van der Waals surface area (Å²) in [6.45, 7) is -0.560. The molecule has 0 radical (unpaired) electrons. The first-order chi connectivity index (χ1) is 18.1. The van der Waals surface area contributed by atoms with Crippen LogP contribution in [0.5, 0.6) is 0 Å². The van der Waals surface area contributed by atoms with E-state index >= 15 is 0 Å². The second kappa shape index (κ2) is 12.0. The van der Waals surface area contributed by atoms with Gasteiger partial charge in [0, 0.05) is 18.5 Å². The smallest absolute Gasteiger partial charge is 0.323 e. The second-order valence-electron chi connectivity index (χ2n) is 9.21. The molecule has 10 atom stereocenters. The number of ether oxygens (including phenoxy) is 3. The Hall–Kier alpha value is -2.69. The van der Waals surface area contributed by atoms with Crippen molar-refractivity contribution < 1.29 is 54.8 Å². The number of urea groups is 1. The largest absolute Gasteiger partial charge is 0.394 e. The van der Waals surface area contributed by atoms with Gasteiger partial charge in [0.05, 0.1) is 6.61 Å². The monoisotopic (exact) mass is 536 g/mol. The molecule has 2 fully saturated rings. The molecule has 2 aromatic carbocycles. The normalized spacial score (nSPS) is 35.5. The van der Waals surface area contributed by atoms with Gasteiger partial charge in [0.15, 0.2) is 6.29 Å². The summed E-state index contributed by atoms with van der Waals surface area (Å²) < 4.78 is 16.2. The first kappa shape index (κ1) is 28.3. The lowest BCUT2D eigenvalue weighted by Crippen LogP contribution is -2.55. The van der Waals surface area contributed by atoms with Gasteiger partial charge in [0.2, 0.25) is 0 Å². The summed E-state index contributed by atoms with van der Waals surface area (Å²) in [6.07, 6.45) is -13.2. The molecule has 0 bridgehead atoms. The predicted octanol–water partition coefficient (Wildman–Crippen LogP) is -1.03. The van der Waals surface area contributed by atoms with Crippen LogP contribution in [0.2, 0.25) is 0 Å². The molecule has 13 heteroatoms. The van der Waals surface area contributed by atoms with Gasteiger partial charge < -0.3 is 60.6 Å². The third-order valence-corrected chi connectivity index (χ3v) is 6.64. The van der Waals surface area contributed by atoms with Gasteiger partial charge >= 0.3 is 6.03 Å². The molecule has 0 spiro atoms. The highest BCUT2D eigenvalue weighted by molar-refractivity contribution is 5.99. The molecule has 0 aliphatic carbocycles. The first-order valence-electron chi connectivity index (χ1n) is 12.0. The van der Waals surface area contributed by atoms with Gasteiger partial charge in [-0.3, -0.25) is 0 Å². The number of hydrogen-bond acceptors (Lipinski definition) is 11. The Kier molecular flexibility index (Phi) is 8.95. The summed E-state index contributed by atoms with van der Waals surface area (Å²) in [5.74, 6) is 0. The molecule has 0 unspecified atom stereocenters. The second-order valence-corrected chi connectivity index (χ2v) is 9.21. The van der Waals surface area contributed by atoms with Crippen LogP contribution in [0.1, 0.15) is 23.3 Å². The Morgan fingerprint density at radius 3 is 1.76 bits per heavy atom. The van der Waals surface area contributed by atoms with Crippen molar-refractivity contribution in [3.05, 3.63) is 59.7 Å². The highest BCUT2D eigenvalue weighted by Gasteiger charge is 2.45. The molecule has 2 heterocycles. The van der Waals surface area contributed by atoms with Crippen molar-refractivity contribution in [3.8, 4) is 0 Å². The van der Waals surface area contributed by atoms with E-state index in [4.69, 9.17) is 14.2 Å². The number of nitrogens with one attached hydrogen (secondary N) is 2. The Morgan fingerprint density at radius 2 is 1.26 bits per heavy atom. The maximum Gasteiger partial charge on any atom is 0.323 e. The van der Waals surface area contributed by atoms with Crippen LogP contribution in [-0.2, 0) is 14.2 Å². The molecule has 38 heavy (non-hydrogen) atoms. The SMILES string of the molecule is CO[C@H]1O[C@H](c2cccc(NC(=O)Nc3cccc([C@H]4O[C@H](CO)[C@@H](O)[C@H](O)[C@@H]4O)c3)c2)[C@@H](O)[C@@H](O)[C@@H]1O.